The third kappa shape index (κ3) is 3.20. The molecule has 1 aromatic carbocycles. The van der Waals surface area contributed by atoms with Gasteiger partial charge in [0, 0.05) is 25.4 Å². The number of benzene rings is 1. The van der Waals surface area contributed by atoms with Crippen LogP contribution in [0.2, 0.25) is 0 Å². The van der Waals surface area contributed by atoms with Gasteiger partial charge in [-0.2, -0.15) is 0 Å². The van der Waals surface area contributed by atoms with Gasteiger partial charge in [-0.15, -0.1) is 11.6 Å². The van der Waals surface area contributed by atoms with E-state index >= 15 is 0 Å². The van der Waals surface area contributed by atoms with E-state index in [1.165, 1.54) is 18.3 Å². The van der Waals surface area contributed by atoms with Crippen LogP contribution in [0.15, 0.2) is 36.5 Å². The fourth-order valence-corrected chi connectivity index (χ4v) is 2.03. The van der Waals surface area contributed by atoms with Crippen molar-refractivity contribution in [1.82, 2.24) is 4.98 Å². The molecule has 0 unspecified atom stereocenters. The normalized spacial score (nSPS) is 10.5. The first kappa shape index (κ1) is 13.7. The summed E-state index contributed by atoms with van der Waals surface area (Å²) in [6.07, 6.45) is 1.51. The first-order chi connectivity index (χ1) is 9.11. The number of hydrogen-bond acceptors (Lipinski definition) is 2. The predicted octanol–water partition coefficient (Wildman–Crippen LogP) is 3.74. The molecule has 0 aliphatic rings. The van der Waals surface area contributed by atoms with Crippen molar-refractivity contribution in [2.24, 2.45) is 0 Å². The molecule has 100 valence electrons. The Bertz CT molecular complexity index is 575. The average molecular weight is 283 g/mol. The Morgan fingerprint density at radius 2 is 2.05 bits per heavy atom. The fraction of sp³-hybridized carbons (Fsp3) is 0.214. The van der Waals surface area contributed by atoms with Crippen molar-refractivity contribution in [3.8, 4) is 0 Å². The number of alkyl halides is 1. The Balaban J connectivity index is 2.23. The lowest BCUT2D eigenvalue weighted by molar-refractivity contribution is 0.603. The third-order valence-corrected chi connectivity index (χ3v) is 3.05. The molecule has 0 saturated heterocycles. The Labute approximate surface area is 115 Å². The summed E-state index contributed by atoms with van der Waals surface area (Å²) >= 11 is 5.65. The number of halogens is 3. The quantitative estimate of drug-likeness (QED) is 0.794. The molecule has 0 fully saturated rings. The Hall–Kier alpha value is -1.68. The Morgan fingerprint density at radius 3 is 2.74 bits per heavy atom. The zero-order valence-corrected chi connectivity index (χ0v) is 11.2. The maximum absolute atomic E-state index is 14.0. The van der Waals surface area contributed by atoms with E-state index in [9.17, 15) is 8.78 Å². The summed E-state index contributed by atoms with van der Waals surface area (Å²) in [5.41, 5.74) is 1.15. The summed E-state index contributed by atoms with van der Waals surface area (Å²) in [7, 11) is 1.70. The van der Waals surface area contributed by atoms with E-state index in [-0.39, 0.29) is 17.5 Å². The van der Waals surface area contributed by atoms with Crippen LogP contribution < -0.4 is 4.90 Å². The molecular weight excluding hydrogens is 270 g/mol. The average Bonchev–Trinajstić information content (AvgIpc) is 2.39. The van der Waals surface area contributed by atoms with E-state index in [2.05, 4.69) is 4.98 Å². The van der Waals surface area contributed by atoms with Gasteiger partial charge in [-0.05, 0) is 23.8 Å². The minimum atomic E-state index is -0.434. The second-order valence-electron chi connectivity index (χ2n) is 4.23. The standard InChI is InChI=1S/C14H13ClF2N2/c1-19(9-10-3-2-4-12(16)7-10)14-13(17)11(8-15)5-6-18-14/h2-7H,8-9H2,1H3. The highest BCUT2D eigenvalue weighted by atomic mass is 35.5. The van der Waals surface area contributed by atoms with Crippen molar-refractivity contribution in [3.63, 3.8) is 0 Å². The monoisotopic (exact) mass is 282 g/mol. The molecule has 0 aliphatic carbocycles. The largest absolute Gasteiger partial charge is 0.353 e. The van der Waals surface area contributed by atoms with Gasteiger partial charge in [0.05, 0.1) is 5.88 Å². The molecule has 2 nitrogen and oxygen atoms in total. The molecule has 19 heavy (non-hydrogen) atoms. The lowest BCUT2D eigenvalue weighted by Crippen LogP contribution is -2.19. The molecular formula is C14H13ClF2N2. The molecule has 1 heterocycles. The minimum absolute atomic E-state index is 0.0924. The van der Waals surface area contributed by atoms with Gasteiger partial charge >= 0.3 is 0 Å². The number of anilines is 1. The van der Waals surface area contributed by atoms with Gasteiger partial charge in [0.15, 0.2) is 11.6 Å². The van der Waals surface area contributed by atoms with Gasteiger partial charge < -0.3 is 4.90 Å². The number of hydrogen-bond donors (Lipinski definition) is 0. The van der Waals surface area contributed by atoms with Crippen molar-refractivity contribution in [2.75, 3.05) is 11.9 Å². The van der Waals surface area contributed by atoms with E-state index in [0.717, 1.165) is 5.56 Å². The molecule has 0 aliphatic heterocycles. The van der Waals surface area contributed by atoms with Crippen LogP contribution in [0.25, 0.3) is 0 Å². The molecule has 0 amide bonds. The molecule has 0 atom stereocenters. The number of rotatable bonds is 4. The molecule has 0 spiro atoms. The first-order valence-electron chi connectivity index (χ1n) is 5.76. The third-order valence-electron chi connectivity index (χ3n) is 2.77. The highest BCUT2D eigenvalue weighted by Gasteiger charge is 2.13. The highest BCUT2D eigenvalue weighted by Crippen LogP contribution is 2.21. The van der Waals surface area contributed by atoms with Gasteiger partial charge in [-0.25, -0.2) is 13.8 Å². The van der Waals surface area contributed by atoms with Gasteiger partial charge in [-0.3, -0.25) is 0 Å². The van der Waals surface area contributed by atoms with Gasteiger partial charge in [-0.1, -0.05) is 12.1 Å². The first-order valence-corrected chi connectivity index (χ1v) is 6.30. The number of aromatic nitrogens is 1. The Kier molecular flexibility index (Phi) is 4.32. The summed E-state index contributed by atoms with van der Waals surface area (Å²) in [5.74, 6) is -0.442. The van der Waals surface area contributed by atoms with Crippen molar-refractivity contribution >= 4 is 17.4 Å². The summed E-state index contributed by atoms with van der Waals surface area (Å²) in [4.78, 5) is 5.63. The summed E-state index contributed by atoms with van der Waals surface area (Å²) < 4.78 is 27.1. The minimum Gasteiger partial charge on any atom is -0.353 e. The van der Waals surface area contributed by atoms with Crippen LogP contribution in [0.1, 0.15) is 11.1 Å². The second-order valence-corrected chi connectivity index (χ2v) is 4.49. The number of pyridine rings is 1. The summed E-state index contributed by atoms with van der Waals surface area (Å²) in [5, 5.41) is 0. The van der Waals surface area contributed by atoms with E-state index in [1.54, 1.807) is 30.1 Å². The summed E-state index contributed by atoms with van der Waals surface area (Å²) in [6.45, 7) is 0.368. The smallest absolute Gasteiger partial charge is 0.170 e. The van der Waals surface area contributed by atoms with Crippen molar-refractivity contribution < 1.29 is 8.78 Å². The maximum atomic E-state index is 14.0. The molecule has 0 N–H and O–H groups in total. The van der Waals surface area contributed by atoms with E-state index in [0.29, 0.717) is 12.1 Å². The van der Waals surface area contributed by atoms with Crippen LogP contribution in [0.4, 0.5) is 14.6 Å². The lowest BCUT2D eigenvalue weighted by Gasteiger charge is -2.19. The molecule has 5 heteroatoms. The molecule has 0 saturated carbocycles. The zero-order valence-electron chi connectivity index (χ0n) is 10.4. The van der Waals surface area contributed by atoms with Gasteiger partial charge in [0.25, 0.3) is 0 Å². The molecule has 2 aromatic rings. The molecule has 1 aromatic heterocycles. The molecule has 0 radical (unpaired) electrons. The highest BCUT2D eigenvalue weighted by molar-refractivity contribution is 6.17. The van der Waals surface area contributed by atoms with Crippen LogP contribution in [-0.4, -0.2) is 12.0 Å². The van der Waals surface area contributed by atoms with E-state index in [1.807, 2.05) is 0 Å². The van der Waals surface area contributed by atoms with Crippen LogP contribution in [0.5, 0.6) is 0 Å². The lowest BCUT2D eigenvalue weighted by atomic mass is 10.2. The Morgan fingerprint density at radius 1 is 1.26 bits per heavy atom. The van der Waals surface area contributed by atoms with Gasteiger partial charge in [0.2, 0.25) is 0 Å². The van der Waals surface area contributed by atoms with Crippen molar-refractivity contribution in [3.05, 3.63) is 59.3 Å². The van der Waals surface area contributed by atoms with Crippen molar-refractivity contribution in [2.45, 2.75) is 12.4 Å². The SMILES string of the molecule is CN(Cc1cccc(F)c1)c1nccc(CCl)c1F. The van der Waals surface area contributed by atoms with Crippen molar-refractivity contribution in [1.29, 1.82) is 0 Å². The predicted molar refractivity (Wildman–Crippen MR) is 72.3 cm³/mol. The van der Waals surface area contributed by atoms with Crippen LogP contribution >= 0.6 is 11.6 Å². The summed E-state index contributed by atoms with van der Waals surface area (Å²) in [6, 6.07) is 7.73. The fourth-order valence-electron chi connectivity index (χ4n) is 1.82. The molecule has 0 bridgehead atoms. The van der Waals surface area contributed by atoms with Crippen LogP contribution in [0, 0.1) is 11.6 Å². The topological polar surface area (TPSA) is 16.1 Å². The maximum Gasteiger partial charge on any atom is 0.170 e. The van der Waals surface area contributed by atoms with E-state index in [4.69, 9.17) is 11.6 Å². The van der Waals surface area contributed by atoms with Gasteiger partial charge in [0.1, 0.15) is 5.82 Å². The van der Waals surface area contributed by atoms with Crippen LogP contribution in [0.3, 0.4) is 0 Å². The zero-order chi connectivity index (χ0) is 13.8. The van der Waals surface area contributed by atoms with E-state index < -0.39 is 5.82 Å². The second kappa shape index (κ2) is 5.97. The van der Waals surface area contributed by atoms with Crippen LogP contribution in [-0.2, 0) is 12.4 Å². The number of nitrogens with zero attached hydrogens (tertiary/aromatic N) is 2. The molecule has 2 rings (SSSR count).